The average molecular weight is 324 g/mol. The van der Waals surface area contributed by atoms with Crippen LogP contribution in [0, 0.1) is 5.82 Å². The van der Waals surface area contributed by atoms with Crippen molar-refractivity contribution in [2.45, 2.75) is 0 Å². The molecule has 0 aliphatic rings. The molecule has 0 saturated heterocycles. The summed E-state index contributed by atoms with van der Waals surface area (Å²) in [4.78, 5) is 0. The van der Waals surface area contributed by atoms with Gasteiger partial charge < -0.3 is 0 Å². The Morgan fingerprint density at radius 2 is 0.760 bits per heavy atom. The van der Waals surface area contributed by atoms with Crippen LogP contribution >= 0.6 is 0 Å². The molecule has 25 heavy (non-hydrogen) atoms. The fraction of sp³-hybridized carbons (Fsp3) is 0. The standard InChI is InChI=1S/C24H17F/c25-22-16-14-19(15-17-22)18-10-12-21(13-11-18)24-9-5-4-8-23(24)20-6-2-1-3-7-20/h1-17H. The maximum atomic E-state index is 13.1. The third kappa shape index (κ3) is 3.22. The number of benzene rings is 4. The van der Waals surface area contributed by atoms with Crippen LogP contribution in [0.15, 0.2) is 103 Å². The third-order valence-corrected chi connectivity index (χ3v) is 4.39. The third-order valence-electron chi connectivity index (χ3n) is 4.39. The summed E-state index contributed by atoms with van der Waals surface area (Å²) < 4.78 is 13.1. The first kappa shape index (κ1) is 15.3. The van der Waals surface area contributed by atoms with Gasteiger partial charge in [-0.1, -0.05) is 91.0 Å². The zero-order valence-electron chi connectivity index (χ0n) is 13.7. The molecule has 0 saturated carbocycles. The SMILES string of the molecule is Fc1ccc(-c2ccc(-c3ccccc3-c3ccccc3)cc2)cc1. The summed E-state index contributed by atoms with van der Waals surface area (Å²) in [5.74, 6) is -0.211. The molecular weight excluding hydrogens is 307 g/mol. The predicted molar refractivity (Wildman–Crippen MR) is 103 cm³/mol. The minimum Gasteiger partial charge on any atom is -0.207 e. The van der Waals surface area contributed by atoms with Gasteiger partial charge in [-0.15, -0.1) is 0 Å². The van der Waals surface area contributed by atoms with Gasteiger partial charge in [0.15, 0.2) is 0 Å². The van der Waals surface area contributed by atoms with Gasteiger partial charge in [0.2, 0.25) is 0 Å². The van der Waals surface area contributed by atoms with Gasteiger partial charge >= 0.3 is 0 Å². The summed E-state index contributed by atoms with van der Waals surface area (Å²) in [5.41, 5.74) is 6.91. The quantitative estimate of drug-likeness (QED) is 0.387. The van der Waals surface area contributed by atoms with Gasteiger partial charge in [0.05, 0.1) is 0 Å². The molecule has 0 N–H and O–H groups in total. The molecule has 0 aromatic heterocycles. The Labute approximate surface area is 147 Å². The highest BCUT2D eigenvalue weighted by molar-refractivity contribution is 5.84. The Balaban J connectivity index is 1.73. The highest BCUT2D eigenvalue weighted by atomic mass is 19.1. The second kappa shape index (κ2) is 6.74. The van der Waals surface area contributed by atoms with Gasteiger partial charge in [-0.2, -0.15) is 0 Å². The number of halogens is 1. The van der Waals surface area contributed by atoms with E-state index < -0.39 is 0 Å². The van der Waals surface area contributed by atoms with Crippen molar-refractivity contribution in [3.63, 3.8) is 0 Å². The molecule has 0 heterocycles. The monoisotopic (exact) mass is 324 g/mol. The number of hydrogen-bond acceptors (Lipinski definition) is 0. The van der Waals surface area contributed by atoms with Gasteiger partial charge in [0, 0.05) is 0 Å². The van der Waals surface area contributed by atoms with Crippen molar-refractivity contribution in [2.24, 2.45) is 0 Å². The van der Waals surface area contributed by atoms with E-state index in [9.17, 15) is 4.39 Å². The van der Waals surface area contributed by atoms with E-state index in [1.807, 2.05) is 18.2 Å². The molecule has 0 aliphatic heterocycles. The molecule has 0 spiro atoms. The lowest BCUT2D eigenvalue weighted by Crippen LogP contribution is -1.85. The maximum Gasteiger partial charge on any atom is 0.123 e. The first-order valence-corrected chi connectivity index (χ1v) is 8.32. The van der Waals surface area contributed by atoms with Gasteiger partial charge in [0.25, 0.3) is 0 Å². The molecule has 0 aliphatic carbocycles. The minimum absolute atomic E-state index is 0.211. The summed E-state index contributed by atoms with van der Waals surface area (Å²) in [5, 5.41) is 0. The fourth-order valence-corrected chi connectivity index (χ4v) is 3.09. The highest BCUT2D eigenvalue weighted by Gasteiger charge is 2.07. The molecule has 1 heteroatoms. The van der Waals surface area contributed by atoms with Crippen molar-refractivity contribution in [1.29, 1.82) is 0 Å². The van der Waals surface area contributed by atoms with Crippen LogP contribution in [0.4, 0.5) is 4.39 Å². The number of hydrogen-bond donors (Lipinski definition) is 0. The van der Waals surface area contributed by atoms with Crippen LogP contribution < -0.4 is 0 Å². The lowest BCUT2D eigenvalue weighted by Gasteiger charge is -2.11. The summed E-state index contributed by atoms with van der Waals surface area (Å²) >= 11 is 0. The Kier molecular flexibility index (Phi) is 4.14. The van der Waals surface area contributed by atoms with Crippen molar-refractivity contribution >= 4 is 0 Å². The van der Waals surface area contributed by atoms with Crippen LogP contribution in [0.1, 0.15) is 0 Å². The zero-order chi connectivity index (χ0) is 17.1. The maximum absolute atomic E-state index is 13.1. The lowest BCUT2D eigenvalue weighted by molar-refractivity contribution is 0.628. The van der Waals surface area contributed by atoms with E-state index in [1.165, 1.54) is 34.4 Å². The molecule has 0 amide bonds. The van der Waals surface area contributed by atoms with Crippen LogP contribution in [0.3, 0.4) is 0 Å². The molecule has 0 nitrogen and oxygen atoms in total. The van der Waals surface area contributed by atoms with Crippen molar-refractivity contribution in [1.82, 2.24) is 0 Å². The Morgan fingerprint density at radius 3 is 1.32 bits per heavy atom. The highest BCUT2D eigenvalue weighted by Crippen LogP contribution is 2.33. The van der Waals surface area contributed by atoms with E-state index in [0.717, 1.165) is 11.1 Å². The van der Waals surface area contributed by atoms with E-state index in [4.69, 9.17) is 0 Å². The van der Waals surface area contributed by atoms with E-state index in [2.05, 4.69) is 72.8 Å². The van der Waals surface area contributed by atoms with Crippen LogP contribution in [0.2, 0.25) is 0 Å². The smallest absolute Gasteiger partial charge is 0.123 e. The van der Waals surface area contributed by atoms with E-state index >= 15 is 0 Å². The second-order valence-electron chi connectivity index (χ2n) is 6.00. The van der Waals surface area contributed by atoms with Gasteiger partial charge in [0.1, 0.15) is 5.82 Å². The lowest BCUT2D eigenvalue weighted by atomic mass is 9.93. The molecule has 0 radical (unpaired) electrons. The van der Waals surface area contributed by atoms with Crippen molar-refractivity contribution in [3.05, 3.63) is 109 Å². The van der Waals surface area contributed by atoms with Gasteiger partial charge in [-0.25, -0.2) is 4.39 Å². The predicted octanol–water partition coefficient (Wildman–Crippen LogP) is 6.83. The van der Waals surface area contributed by atoms with Crippen LogP contribution in [0.5, 0.6) is 0 Å². The average Bonchev–Trinajstić information content (AvgIpc) is 2.69. The summed E-state index contributed by atoms with van der Waals surface area (Å²) in [7, 11) is 0. The largest absolute Gasteiger partial charge is 0.207 e. The molecule has 120 valence electrons. The molecule has 0 bridgehead atoms. The fourth-order valence-electron chi connectivity index (χ4n) is 3.09. The zero-order valence-corrected chi connectivity index (χ0v) is 13.7. The summed E-state index contributed by atoms with van der Waals surface area (Å²) in [6, 6.07) is 33.9. The summed E-state index contributed by atoms with van der Waals surface area (Å²) in [6.45, 7) is 0. The minimum atomic E-state index is -0.211. The number of rotatable bonds is 3. The van der Waals surface area contributed by atoms with Crippen molar-refractivity contribution < 1.29 is 4.39 Å². The molecule has 0 fully saturated rings. The molecule has 4 aromatic rings. The van der Waals surface area contributed by atoms with Crippen molar-refractivity contribution in [3.8, 4) is 33.4 Å². The Hall–Kier alpha value is -3.19. The van der Waals surface area contributed by atoms with E-state index in [-0.39, 0.29) is 5.82 Å². The van der Waals surface area contributed by atoms with E-state index in [1.54, 1.807) is 0 Å². The van der Waals surface area contributed by atoms with Crippen LogP contribution in [0.25, 0.3) is 33.4 Å². The topological polar surface area (TPSA) is 0 Å². The van der Waals surface area contributed by atoms with Gasteiger partial charge in [-0.05, 0) is 45.5 Å². The summed E-state index contributed by atoms with van der Waals surface area (Å²) in [6.07, 6.45) is 0. The molecule has 4 rings (SSSR count). The molecule has 4 aromatic carbocycles. The van der Waals surface area contributed by atoms with Crippen molar-refractivity contribution in [2.75, 3.05) is 0 Å². The van der Waals surface area contributed by atoms with Crippen LogP contribution in [-0.4, -0.2) is 0 Å². The Bertz CT molecular complexity index is 968. The van der Waals surface area contributed by atoms with Gasteiger partial charge in [-0.3, -0.25) is 0 Å². The van der Waals surface area contributed by atoms with E-state index in [0.29, 0.717) is 0 Å². The molecular formula is C24H17F. The molecule has 0 atom stereocenters. The second-order valence-corrected chi connectivity index (χ2v) is 6.00. The normalized spacial score (nSPS) is 10.6. The van der Waals surface area contributed by atoms with Crippen LogP contribution in [-0.2, 0) is 0 Å². The molecule has 0 unspecified atom stereocenters. The Morgan fingerprint density at radius 1 is 0.360 bits per heavy atom. The first-order chi connectivity index (χ1) is 12.3. The first-order valence-electron chi connectivity index (χ1n) is 8.32.